The molecule has 6 heteroatoms. The molecule has 2 saturated heterocycles. The normalized spacial score (nSPS) is 39.7. The molecule has 4 fully saturated rings. The first-order chi connectivity index (χ1) is 11.7. The van der Waals surface area contributed by atoms with Crippen molar-refractivity contribution in [2.75, 3.05) is 13.2 Å². The summed E-state index contributed by atoms with van der Waals surface area (Å²) in [6.07, 6.45) is 10.1. The van der Waals surface area contributed by atoms with Crippen LogP contribution in [0.25, 0.3) is 0 Å². The van der Waals surface area contributed by atoms with Crippen LogP contribution in [-0.4, -0.2) is 49.6 Å². The van der Waals surface area contributed by atoms with E-state index in [4.69, 9.17) is 18.9 Å². The van der Waals surface area contributed by atoms with E-state index >= 15 is 0 Å². The van der Waals surface area contributed by atoms with Crippen molar-refractivity contribution in [1.29, 1.82) is 0 Å². The fraction of sp³-hybridized carbons (Fsp3) is 0.778. The lowest BCUT2D eigenvalue weighted by molar-refractivity contribution is -0.142. The Morgan fingerprint density at radius 3 is 1.62 bits per heavy atom. The van der Waals surface area contributed by atoms with Gasteiger partial charge in [0.25, 0.3) is 0 Å². The fourth-order valence-corrected chi connectivity index (χ4v) is 3.91. The Bertz CT molecular complexity index is 484. The predicted molar refractivity (Wildman–Crippen MR) is 83.1 cm³/mol. The molecule has 0 aromatic heterocycles. The van der Waals surface area contributed by atoms with Crippen molar-refractivity contribution in [2.45, 2.75) is 62.9 Å². The average Bonchev–Trinajstić information content (AvgIpc) is 3.49. The molecule has 0 radical (unpaired) electrons. The lowest BCUT2D eigenvalue weighted by Gasteiger charge is -2.18. The van der Waals surface area contributed by atoms with E-state index < -0.39 is 11.9 Å². The summed E-state index contributed by atoms with van der Waals surface area (Å²) < 4.78 is 21.3. The van der Waals surface area contributed by atoms with Crippen molar-refractivity contribution in [1.82, 2.24) is 0 Å². The van der Waals surface area contributed by atoms with Gasteiger partial charge in [-0.25, -0.2) is 9.59 Å². The Kier molecular flexibility index (Phi) is 4.59. The Morgan fingerprint density at radius 1 is 0.750 bits per heavy atom. The quantitative estimate of drug-likeness (QED) is 0.418. The van der Waals surface area contributed by atoms with Crippen LogP contribution >= 0.6 is 0 Å². The summed E-state index contributed by atoms with van der Waals surface area (Å²) in [5, 5.41) is 0. The van der Waals surface area contributed by atoms with E-state index in [1.165, 1.54) is 0 Å². The van der Waals surface area contributed by atoms with Crippen molar-refractivity contribution in [3.8, 4) is 0 Å². The van der Waals surface area contributed by atoms with Crippen molar-refractivity contribution in [3.63, 3.8) is 0 Å². The molecule has 0 N–H and O–H groups in total. The summed E-state index contributed by atoms with van der Waals surface area (Å²) >= 11 is 0. The number of ether oxygens (including phenoxy) is 4. The highest BCUT2D eigenvalue weighted by molar-refractivity contribution is 5.91. The molecule has 2 aliphatic heterocycles. The monoisotopic (exact) mass is 336 g/mol. The summed E-state index contributed by atoms with van der Waals surface area (Å²) in [6.45, 7) is 0.796. The Balaban J connectivity index is 1.10. The molecule has 0 aromatic rings. The molecule has 0 spiro atoms. The van der Waals surface area contributed by atoms with Gasteiger partial charge in [-0.15, -0.1) is 0 Å². The smallest absolute Gasteiger partial charge is 0.331 e. The summed E-state index contributed by atoms with van der Waals surface area (Å²) in [6, 6.07) is 0. The van der Waals surface area contributed by atoms with Gasteiger partial charge in [0.15, 0.2) is 0 Å². The number of hydrogen-bond donors (Lipinski definition) is 0. The maximum Gasteiger partial charge on any atom is 0.331 e. The van der Waals surface area contributed by atoms with E-state index in [1.54, 1.807) is 0 Å². The first-order valence-corrected chi connectivity index (χ1v) is 9.00. The van der Waals surface area contributed by atoms with E-state index in [1.807, 2.05) is 0 Å². The molecule has 4 aliphatic rings. The molecular formula is C18H24O6. The van der Waals surface area contributed by atoms with Crippen LogP contribution in [0.3, 0.4) is 0 Å². The number of esters is 2. The molecule has 24 heavy (non-hydrogen) atoms. The number of epoxide rings is 2. The Labute approximate surface area is 141 Å². The van der Waals surface area contributed by atoms with E-state index in [2.05, 4.69) is 0 Å². The molecule has 4 rings (SSSR count). The minimum absolute atomic E-state index is 0.373. The lowest BCUT2D eigenvalue weighted by Crippen LogP contribution is -2.20. The number of fused-ring (bicyclic) bond motifs is 2. The molecule has 132 valence electrons. The van der Waals surface area contributed by atoms with Gasteiger partial charge in [-0.1, -0.05) is 0 Å². The van der Waals surface area contributed by atoms with Crippen molar-refractivity contribution < 1.29 is 28.5 Å². The van der Waals surface area contributed by atoms with Gasteiger partial charge in [0.1, 0.15) is 0 Å². The van der Waals surface area contributed by atoms with Crippen molar-refractivity contribution in [3.05, 3.63) is 12.2 Å². The zero-order valence-corrected chi connectivity index (χ0v) is 13.7. The van der Waals surface area contributed by atoms with Gasteiger partial charge in [-0.05, 0) is 50.4 Å². The molecular weight excluding hydrogens is 312 g/mol. The minimum Gasteiger partial charge on any atom is -0.462 e. The third-order valence-corrected chi connectivity index (χ3v) is 5.50. The molecule has 2 saturated carbocycles. The number of hydrogen-bond acceptors (Lipinski definition) is 6. The van der Waals surface area contributed by atoms with E-state index in [0.29, 0.717) is 49.5 Å². The van der Waals surface area contributed by atoms with Crippen molar-refractivity contribution in [2.24, 2.45) is 11.8 Å². The van der Waals surface area contributed by atoms with Gasteiger partial charge in [-0.3, -0.25) is 0 Å². The minimum atomic E-state index is -0.488. The van der Waals surface area contributed by atoms with E-state index in [9.17, 15) is 9.59 Å². The molecule has 2 heterocycles. The molecule has 6 nitrogen and oxygen atoms in total. The van der Waals surface area contributed by atoms with Gasteiger partial charge in [0.05, 0.1) is 37.6 Å². The van der Waals surface area contributed by atoms with Crippen LogP contribution in [0.5, 0.6) is 0 Å². The third kappa shape index (κ3) is 4.16. The second kappa shape index (κ2) is 6.84. The van der Waals surface area contributed by atoms with Gasteiger partial charge in [0.2, 0.25) is 0 Å². The standard InChI is InChI=1S/C18H24O6/c19-17(21-9-11-1-3-13-15(7-11)23-13)5-6-18(20)22-10-12-2-4-14-16(8-12)24-14/h5-6,11-16H,1-4,7-10H2/b6-5-. The van der Waals surface area contributed by atoms with Crippen LogP contribution in [0.2, 0.25) is 0 Å². The molecule has 0 amide bonds. The summed E-state index contributed by atoms with van der Waals surface area (Å²) in [5.74, 6) is -0.231. The second-order valence-corrected chi connectivity index (χ2v) is 7.38. The average molecular weight is 336 g/mol. The molecule has 2 aliphatic carbocycles. The maximum atomic E-state index is 11.7. The van der Waals surface area contributed by atoms with Gasteiger partial charge in [0, 0.05) is 12.2 Å². The van der Waals surface area contributed by atoms with E-state index in [0.717, 1.165) is 50.7 Å². The highest BCUT2D eigenvalue weighted by Crippen LogP contribution is 2.40. The van der Waals surface area contributed by atoms with E-state index in [-0.39, 0.29) is 0 Å². The molecule has 6 atom stereocenters. The number of carbonyl (C=O) groups excluding carboxylic acids is 2. The van der Waals surface area contributed by atoms with Gasteiger partial charge < -0.3 is 18.9 Å². The first-order valence-electron chi connectivity index (χ1n) is 9.00. The topological polar surface area (TPSA) is 77.7 Å². The van der Waals surface area contributed by atoms with Crippen LogP contribution in [0.4, 0.5) is 0 Å². The first kappa shape index (κ1) is 16.1. The number of rotatable bonds is 6. The van der Waals surface area contributed by atoms with Crippen molar-refractivity contribution >= 4 is 11.9 Å². The summed E-state index contributed by atoms with van der Waals surface area (Å²) in [4.78, 5) is 23.3. The highest BCUT2D eigenvalue weighted by Gasteiger charge is 2.44. The second-order valence-electron chi connectivity index (χ2n) is 7.38. The molecule has 0 bridgehead atoms. The zero-order chi connectivity index (χ0) is 16.5. The zero-order valence-electron chi connectivity index (χ0n) is 13.7. The van der Waals surface area contributed by atoms with Crippen LogP contribution < -0.4 is 0 Å². The van der Waals surface area contributed by atoms with Crippen LogP contribution in [0.1, 0.15) is 38.5 Å². The Hall–Kier alpha value is -1.40. The summed E-state index contributed by atoms with van der Waals surface area (Å²) in [5.41, 5.74) is 0. The largest absolute Gasteiger partial charge is 0.462 e. The highest BCUT2D eigenvalue weighted by atomic mass is 16.6. The lowest BCUT2D eigenvalue weighted by atomic mass is 9.90. The van der Waals surface area contributed by atoms with Crippen LogP contribution in [0.15, 0.2) is 12.2 Å². The predicted octanol–water partition coefficient (Wildman–Crippen LogP) is 1.76. The third-order valence-electron chi connectivity index (χ3n) is 5.50. The Morgan fingerprint density at radius 2 is 1.21 bits per heavy atom. The molecule has 0 aromatic carbocycles. The maximum absolute atomic E-state index is 11.7. The molecule has 6 unspecified atom stereocenters. The summed E-state index contributed by atoms with van der Waals surface area (Å²) in [7, 11) is 0. The van der Waals surface area contributed by atoms with Crippen LogP contribution in [0, 0.1) is 11.8 Å². The van der Waals surface area contributed by atoms with Gasteiger partial charge >= 0.3 is 11.9 Å². The SMILES string of the molecule is O=C(/C=C\C(=O)OCC1CCC2OC2C1)OCC1CCC2OC2C1. The van der Waals surface area contributed by atoms with Crippen LogP contribution in [-0.2, 0) is 28.5 Å². The number of carbonyl (C=O) groups is 2. The fourth-order valence-electron chi connectivity index (χ4n) is 3.91. The van der Waals surface area contributed by atoms with Gasteiger partial charge in [-0.2, -0.15) is 0 Å².